The van der Waals surface area contributed by atoms with Crippen LogP contribution in [0.15, 0.2) is 24.3 Å². The first-order chi connectivity index (χ1) is 9.11. The van der Waals surface area contributed by atoms with Crippen molar-refractivity contribution in [3.63, 3.8) is 0 Å². The van der Waals surface area contributed by atoms with Gasteiger partial charge in [-0.2, -0.15) is 0 Å². The third kappa shape index (κ3) is 3.02. The molecular formula is C15H17NO3. The van der Waals surface area contributed by atoms with Crippen LogP contribution in [-0.4, -0.2) is 35.0 Å². The van der Waals surface area contributed by atoms with Gasteiger partial charge in [0.1, 0.15) is 6.54 Å². The summed E-state index contributed by atoms with van der Waals surface area (Å²) in [6.45, 7) is 1.91. The van der Waals surface area contributed by atoms with E-state index >= 15 is 0 Å². The Kier molecular flexibility index (Phi) is 4.00. The lowest BCUT2D eigenvalue weighted by Gasteiger charge is -2.19. The van der Waals surface area contributed by atoms with E-state index in [4.69, 9.17) is 5.11 Å². The third-order valence-electron chi connectivity index (χ3n) is 3.26. The van der Waals surface area contributed by atoms with Crippen molar-refractivity contribution < 1.29 is 14.7 Å². The van der Waals surface area contributed by atoms with Crippen LogP contribution in [0.4, 0.5) is 0 Å². The molecule has 0 aromatic heterocycles. The highest BCUT2D eigenvalue weighted by Crippen LogP contribution is 2.21. The minimum atomic E-state index is -0.990. The number of aliphatic carboxylic acids is 1. The molecule has 0 saturated carbocycles. The van der Waals surface area contributed by atoms with E-state index < -0.39 is 5.97 Å². The van der Waals surface area contributed by atoms with E-state index in [1.807, 2.05) is 12.1 Å². The number of rotatable bonds is 4. The zero-order valence-electron chi connectivity index (χ0n) is 10.9. The lowest BCUT2D eigenvalue weighted by atomic mass is 9.95. The number of aryl methyl sites for hydroxylation is 1. The van der Waals surface area contributed by atoms with Gasteiger partial charge in [-0.05, 0) is 43.0 Å². The summed E-state index contributed by atoms with van der Waals surface area (Å²) >= 11 is 0. The summed E-state index contributed by atoms with van der Waals surface area (Å²) in [4.78, 5) is 24.3. The molecule has 2 rings (SSSR count). The summed E-state index contributed by atoms with van der Waals surface area (Å²) < 4.78 is 0. The highest BCUT2D eigenvalue weighted by molar-refractivity contribution is 5.96. The van der Waals surface area contributed by atoms with Crippen LogP contribution in [0.25, 0.3) is 6.08 Å². The molecule has 0 spiro atoms. The number of carbonyl (C=O) groups is 2. The topological polar surface area (TPSA) is 57.6 Å². The zero-order valence-corrected chi connectivity index (χ0v) is 10.9. The molecule has 1 aliphatic rings. The minimum Gasteiger partial charge on any atom is -0.480 e. The van der Waals surface area contributed by atoms with Gasteiger partial charge in [-0.1, -0.05) is 18.2 Å². The number of allylic oxidation sites excluding steroid dienone is 1. The van der Waals surface area contributed by atoms with Crippen molar-refractivity contribution in [2.24, 2.45) is 0 Å². The number of likely N-dealkylation sites (N-methyl/N-ethyl adjacent to an activating group) is 1. The number of carboxylic acid groups (broad SMARTS) is 1. The van der Waals surface area contributed by atoms with Gasteiger partial charge in [-0.3, -0.25) is 9.59 Å². The highest BCUT2D eigenvalue weighted by atomic mass is 16.4. The van der Waals surface area contributed by atoms with Crippen LogP contribution in [0, 0.1) is 0 Å². The number of nitrogens with zero attached hydrogens (tertiary/aromatic N) is 1. The van der Waals surface area contributed by atoms with Gasteiger partial charge in [0.15, 0.2) is 0 Å². The van der Waals surface area contributed by atoms with E-state index in [2.05, 4.69) is 12.2 Å². The summed E-state index contributed by atoms with van der Waals surface area (Å²) in [5.74, 6) is -1.21. The monoisotopic (exact) mass is 259 g/mol. The van der Waals surface area contributed by atoms with Crippen LogP contribution in [0.2, 0.25) is 0 Å². The molecule has 0 aliphatic heterocycles. The summed E-state index contributed by atoms with van der Waals surface area (Å²) in [5, 5.41) is 8.80. The lowest BCUT2D eigenvalue weighted by molar-refractivity contribution is -0.137. The largest absolute Gasteiger partial charge is 0.480 e. The average Bonchev–Trinajstić information content (AvgIpc) is 2.43. The molecule has 0 heterocycles. The molecule has 0 unspecified atom stereocenters. The van der Waals surface area contributed by atoms with Crippen LogP contribution >= 0.6 is 0 Å². The van der Waals surface area contributed by atoms with Crippen molar-refractivity contribution in [2.75, 3.05) is 13.1 Å². The highest BCUT2D eigenvalue weighted by Gasteiger charge is 2.18. The molecule has 1 aromatic carbocycles. The minimum absolute atomic E-state index is 0.220. The second-order valence-corrected chi connectivity index (χ2v) is 4.57. The molecular weight excluding hydrogens is 242 g/mol. The number of carbonyl (C=O) groups excluding carboxylic acids is 1. The van der Waals surface area contributed by atoms with E-state index in [0.717, 1.165) is 24.0 Å². The normalized spacial score (nSPS) is 12.9. The van der Waals surface area contributed by atoms with Gasteiger partial charge in [0.05, 0.1) is 0 Å². The fraction of sp³-hybridized carbons (Fsp3) is 0.333. The molecule has 0 bridgehead atoms. The number of amides is 1. The third-order valence-corrected chi connectivity index (χ3v) is 3.26. The maximum absolute atomic E-state index is 12.2. The number of hydrogen-bond acceptors (Lipinski definition) is 2. The van der Waals surface area contributed by atoms with Gasteiger partial charge in [-0.15, -0.1) is 0 Å². The van der Waals surface area contributed by atoms with E-state index in [-0.39, 0.29) is 12.5 Å². The first kappa shape index (κ1) is 13.3. The maximum Gasteiger partial charge on any atom is 0.323 e. The quantitative estimate of drug-likeness (QED) is 0.901. The zero-order chi connectivity index (χ0) is 13.8. The van der Waals surface area contributed by atoms with Crippen molar-refractivity contribution in [1.82, 2.24) is 4.90 Å². The van der Waals surface area contributed by atoms with Gasteiger partial charge in [0.25, 0.3) is 5.91 Å². The van der Waals surface area contributed by atoms with Gasteiger partial charge in [0, 0.05) is 12.1 Å². The Labute approximate surface area is 112 Å². The second-order valence-electron chi connectivity index (χ2n) is 4.57. The molecule has 0 atom stereocenters. The summed E-state index contributed by atoms with van der Waals surface area (Å²) in [6, 6.07) is 5.57. The molecule has 0 saturated heterocycles. The molecule has 1 N–H and O–H groups in total. The number of hydrogen-bond donors (Lipinski definition) is 1. The molecule has 0 fully saturated rings. The molecule has 1 aliphatic carbocycles. The van der Waals surface area contributed by atoms with Crippen molar-refractivity contribution in [2.45, 2.75) is 19.8 Å². The van der Waals surface area contributed by atoms with E-state index in [1.165, 1.54) is 4.90 Å². The first-order valence-corrected chi connectivity index (χ1v) is 6.42. The Morgan fingerprint density at radius 2 is 2.16 bits per heavy atom. The molecule has 0 radical (unpaired) electrons. The van der Waals surface area contributed by atoms with Gasteiger partial charge < -0.3 is 10.0 Å². The van der Waals surface area contributed by atoms with Crippen LogP contribution in [-0.2, 0) is 11.2 Å². The van der Waals surface area contributed by atoms with Gasteiger partial charge in [-0.25, -0.2) is 0 Å². The molecule has 4 heteroatoms. The molecule has 1 aromatic rings. The van der Waals surface area contributed by atoms with Crippen molar-refractivity contribution in [3.8, 4) is 0 Å². The molecule has 19 heavy (non-hydrogen) atoms. The fourth-order valence-corrected chi connectivity index (χ4v) is 2.24. The Balaban J connectivity index is 2.23. The maximum atomic E-state index is 12.2. The Morgan fingerprint density at radius 3 is 2.84 bits per heavy atom. The SMILES string of the molecule is CCN(CC(=O)O)C(=O)c1ccc2c(c1)CCC=C2. The molecule has 4 nitrogen and oxygen atoms in total. The van der Waals surface area contributed by atoms with E-state index in [9.17, 15) is 9.59 Å². The van der Waals surface area contributed by atoms with E-state index in [0.29, 0.717) is 12.1 Å². The number of fused-ring (bicyclic) bond motifs is 1. The summed E-state index contributed by atoms with van der Waals surface area (Å²) in [6.07, 6.45) is 6.09. The smallest absolute Gasteiger partial charge is 0.323 e. The van der Waals surface area contributed by atoms with Gasteiger partial charge in [0.2, 0.25) is 0 Å². The van der Waals surface area contributed by atoms with Crippen LogP contribution in [0.5, 0.6) is 0 Å². The Bertz CT molecular complexity index is 534. The summed E-state index contributed by atoms with van der Waals surface area (Å²) in [5.41, 5.74) is 2.86. The van der Waals surface area contributed by atoms with Crippen LogP contribution < -0.4 is 0 Å². The average molecular weight is 259 g/mol. The lowest BCUT2D eigenvalue weighted by Crippen LogP contribution is -2.35. The number of benzene rings is 1. The number of carboxylic acids is 1. The van der Waals surface area contributed by atoms with Crippen molar-refractivity contribution >= 4 is 18.0 Å². The Morgan fingerprint density at radius 1 is 1.37 bits per heavy atom. The summed E-state index contributed by atoms with van der Waals surface area (Å²) in [7, 11) is 0. The van der Waals surface area contributed by atoms with Crippen molar-refractivity contribution in [1.29, 1.82) is 0 Å². The van der Waals surface area contributed by atoms with Crippen LogP contribution in [0.1, 0.15) is 34.8 Å². The predicted molar refractivity (Wildman–Crippen MR) is 73.0 cm³/mol. The predicted octanol–water partition coefficient (Wildman–Crippen LogP) is 2.19. The first-order valence-electron chi connectivity index (χ1n) is 6.42. The standard InChI is InChI=1S/C15H17NO3/c1-2-16(10-14(17)18)15(19)13-8-7-11-5-3-4-6-12(11)9-13/h3,5,7-9H,2,4,6,10H2,1H3,(H,17,18). The fourth-order valence-electron chi connectivity index (χ4n) is 2.24. The second kappa shape index (κ2) is 5.69. The van der Waals surface area contributed by atoms with Gasteiger partial charge >= 0.3 is 5.97 Å². The van der Waals surface area contributed by atoms with Crippen LogP contribution in [0.3, 0.4) is 0 Å². The molecule has 100 valence electrons. The van der Waals surface area contributed by atoms with Crippen molar-refractivity contribution in [3.05, 3.63) is 41.0 Å². The van der Waals surface area contributed by atoms with E-state index in [1.54, 1.807) is 13.0 Å². The molecule has 1 amide bonds. The Hall–Kier alpha value is -2.10.